The molecule has 0 fully saturated rings. The van der Waals surface area contributed by atoms with E-state index < -0.39 is 6.04 Å². The van der Waals surface area contributed by atoms with Crippen LogP contribution in [0.4, 0.5) is 0 Å². The first-order chi connectivity index (χ1) is 12.6. The first kappa shape index (κ1) is 17.5. The van der Waals surface area contributed by atoms with E-state index in [1.54, 1.807) is 45.4 Å². The topological polar surface area (TPSA) is 86.5 Å². The molecule has 0 spiro atoms. The Kier molecular flexibility index (Phi) is 5.17. The second-order valence-corrected chi connectivity index (χ2v) is 5.58. The lowest BCUT2D eigenvalue weighted by Crippen LogP contribution is -2.26. The molecule has 26 heavy (non-hydrogen) atoms. The summed E-state index contributed by atoms with van der Waals surface area (Å²) in [6.07, 6.45) is 0. The van der Waals surface area contributed by atoms with E-state index in [0.29, 0.717) is 28.8 Å². The van der Waals surface area contributed by atoms with Gasteiger partial charge in [-0.1, -0.05) is 23.4 Å². The van der Waals surface area contributed by atoms with Gasteiger partial charge in [-0.15, -0.1) is 0 Å². The molecule has 0 aliphatic heterocycles. The molecule has 0 aliphatic rings. The van der Waals surface area contributed by atoms with Gasteiger partial charge in [-0.2, -0.15) is 4.98 Å². The van der Waals surface area contributed by atoms with Gasteiger partial charge >= 0.3 is 0 Å². The number of para-hydroxylation sites is 1. The third kappa shape index (κ3) is 3.66. The van der Waals surface area contributed by atoms with Crippen molar-refractivity contribution >= 4 is 5.91 Å². The molecule has 7 nitrogen and oxygen atoms in total. The molecule has 1 N–H and O–H groups in total. The van der Waals surface area contributed by atoms with E-state index in [2.05, 4.69) is 15.5 Å². The van der Waals surface area contributed by atoms with Gasteiger partial charge in [-0.25, -0.2) is 0 Å². The minimum absolute atomic E-state index is 0.256. The predicted octanol–water partition coefficient (Wildman–Crippen LogP) is 3.24. The number of amides is 1. The summed E-state index contributed by atoms with van der Waals surface area (Å²) < 4.78 is 15.8. The molecule has 1 amide bonds. The molecule has 0 unspecified atom stereocenters. The molecule has 0 radical (unpaired) electrons. The normalized spacial score (nSPS) is 11.7. The number of rotatable bonds is 6. The molecule has 1 aromatic heterocycles. The fourth-order valence-electron chi connectivity index (χ4n) is 2.46. The molecule has 134 valence electrons. The number of nitrogens with one attached hydrogen (secondary N) is 1. The summed E-state index contributed by atoms with van der Waals surface area (Å²) in [6.45, 7) is 1.78. The van der Waals surface area contributed by atoms with Crippen molar-refractivity contribution in [3.8, 4) is 22.9 Å². The van der Waals surface area contributed by atoms with Crippen molar-refractivity contribution in [1.82, 2.24) is 15.5 Å². The van der Waals surface area contributed by atoms with Gasteiger partial charge in [0, 0.05) is 5.56 Å². The van der Waals surface area contributed by atoms with Crippen LogP contribution in [-0.2, 0) is 0 Å². The smallest absolute Gasteiger partial charge is 0.252 e. The number of methoxy groups -OCH3 is 2. The molecule has 1 heterocycles. The summed E-state index contributed by atoms with van der Waals surface area (Å²) in [7, 11) is 3.13. The van der Waals surface area contributed by atoms with Crippen LogP contribution in [0.25, 0.3) is 11.4 Å². The number of hydrogen-bond donors (Lipinski definition) is 1. The number of hydrogen-bond acceptors (Lipinski definition) is 6. The van der Waals surface area contributed by atoms with Crippen LogP contribution in [0, 0.1) is 0 Å². The van der Waals surface area contributed by atoms with E-state index in [9.17, 15) is 4.79 Å². The fourth-order valence-corrected chi connectivity index (χ4v) is 2.46. The Hall–Kier alpha value is -3.35. The van der Waals surface area contributed by atoms with Crippen LogP contribution in [0.5, 0.6) is 11.5 Å². The van der Waals surface area contributed by atoms with Crippen molar-refractivity contribution in [2.24, 2.45) is 0 Å². The lowest BCUT2D eigenvalue weighted by atomic mass is 10.2. The average Bonchev–Trinajstić information content (AvgIpc) is 3.18. The van der Waals surface area contributed by atoms with E-state index in [0.717, 1.165) is 5.56 Å². The predicted molar refractivity (Wildman–Crippen MR) is 95.2 cm³/mol. The van der Waals surface area contributed by atoms with Crippen molar-refractivity contribution < 1.29 is 18.8 Å². The highest BCUT2D eigenvalue weighted by atomic mass is 16.5. The third-order valence-corrected chi connectivity index (χ3v) is 3.84. The van der Waals surface area contributed by atoms with Crippen molar-refractivity contribution in [3.05, 3.63) is 60.0 Å². The van der Waals surface area contributed by atoms with Gasteiger partial charge in [-0.3, -0.25) is 4.79 Å². The molecule has 0 bridgehead atoms. The van der Waals surface area contributed by atoms with Crippen LogP contribution in [0.2, 0.25) is 0 Å². The maximum Gasteiger partial charge on any atom is 0.252 e. The molecule has 3 rings (SSSR count). The van der Waals surface area contributed by atoms with Crippen LogP contribution < -0.4 is 14.8 Å². The largest absolute Gasteiger partial charge is 0.497 e. The zero-order chi connectivity index (χ0) is 18.5. The van der Waals surface area contributed by atoms with Gasteiger partial charge in [0.15, 0.2) is 0 Å². The summed E-state index contributed by atoms with van der Waals surface area (Å²) in [5.74, 6) is 1.71. The molecule has 2 aromatic carbocycles. The van der Waals surface area contributed by atoms with Crippen molar-refractivity contribution in [2.45, 2.75) is 13.0 Å². The minimum Gasteiger partial charge on any atom is -0.497 e. The molecule has 7 heteroatoms. The maximum atomic E-state index is 12.4. The molecule has 1 atom stereocenters. The van der Waals surface area contributed by atoms with Crippen molar-refractivity contribution in [2.75, 3.05) is 14.2 Å². The Bertz CT molecular complexity index is 907. The quantitative estimate of drug-likeness (QED) is 0.732. The zero-order valence-corrected chi connectivity index (χ0v) is 14.7. The number of ether oxygens (including phenoxy) is 2. The van der Waals surface area contributed by atoms with Gasteiger partial charge < -0.3 is 19.3 Å². The standard InChI is InChI=1S/C19H19N3O4/c1-12(20-18(23)13-7-6-8-14(11-13)24-2)19-21-17(22-26-19)15-9-4-5-10-16(15)25-3/h4-12H,1-3H3,(H,20,23)/t12-/m1/s1. The highest BCUT2D eigenvalue weighted by Gasteiger charge is 2.19. The summed E-state index contributed by atoms with van der Waals surface area (Å²) in [5.41, 5.74) is 1.21. The molecular formula is C19H19N3O4. The number of carbonyl (C=O) groups is 1. The lowest BCUT2D eigenvalue weighted by molar-refractivity contribution is 0.0932. The Morgan fingerprint density at radius 3 is 2.69 bits per heavy atom. The van der Waals surface area contributed by atoms with Crippen LogP contribution in [0.3, 0.4) is 0 Å². The Balaban J connectivity index is 1.75. The minimum atomic E-state index is -0.454. The van der Waals surface area contributed by atoms with Crippen LogP contribution >= 0.6 is 0 Å². The van der Waals surface area contributed by atoms with E-state index >= 15 is 0 Å². The monoisotopic (exact) mass is 353 g/mol. The molecule has 0 saturated carbocycles. The van der Waals surface area contributed by atoms with Crippen LogP contribution in [-0.4, -0.2) is 30.3 Å². The van der Waals surface area contributed by atoms with Crippen molar-refractivity contribution in [3.63, 3.8) is 0 Å². The first-order valence-electron chi connectivity index (χ1n) is 8.04. The molecule has 3 aromatic rings. The van der Waals surface area contributed by atoms with Crippen LogP contribution in [0.1, 0.15) is 29.2 Å². The van der Waals surface area contributed by atoms with E-state index in [1.807, 2.05) is 24.3 Å². The summed E-state index contributed by atoms with van der Waals surface area (Å²) in [6, 6.07) is 13.8. The van der Waals surface area contributed by atoms with Gasteiger partial charge in [-0.05, 0) is 37.3 Å². The summed E-state index contributed by atoms with van der Waals surface area (Å²) in [5, 5.41) is 6.82. The fraction of sp³-hybridized carbons (Fsp3) is 0.211. The van der Waals surface area contributed by atoms with E-state index in [1.165, 1.54) is 0 Å². The van der Waals surface area contributed by atoms with Crippen molar-refractivity contribution in [1.29, 1.82) is 0 Å². The van der Waals surface area contributed by atoms with Gasteiger partial charge in [0.1, 0.15) is 17.5 Å². The Morgan fingerprint density at radius 2 is 1.92 bits per heavy atom. The van der Waals surface area contributed by atoms with E-state index in [4.69, 9.17) is 14.0 Å². The molecule has 0 aliphatic carbocycles. The summed E-state index contributed by atoms with van der Waals surface area (Å²) in [4.78, 5) is 16.8. The number of aromatic nitrogens is 2. The second kappa shape index (κ2) is 7.69. The average molecular weight is 353 g/mol. The highest BCUT2D eigenvalue weighted by Crippen LogP contribution is 2.28. The number of carbonyl (C=O) groups excluding carboxylic acids is 1. The van der Waals surface area contributed by atoms with Gasteiger partial charge in [0.2, 0.25) is 11.7 Å². The Labute approximate surface area is 150 Å². The maximum absolute atomic E-state index is 12.4. The zero-order valence-electron chi connectivity index (χ0n) is 14.7. The molecule has 0 saturated heterocycles. The first-order valence-corrected chi connectivity index (χ1v) is 8.04. The number of nitrogens with zero attached hydrogens (tertiary/aromatic N) is 2. The van der Waals surface area contributed by atoms with Gasteiger partial charge in [0.05, 0.1) is 19.8 Å². The SMILES string of the molecule is COc1cccc(C(=O)N[C@H](C)c2nc(-c3ccccc3OC)no2)c1. The van der Waals surface area contributed by atoms with Gasteiger partial charge in [0.25, 0.3) is 5.91 Å². The number of benzene rings is 2. The second-order valence-electron chi connectivity index (χ2n) is 5.58. The highest BCUT2D eigenvalue weighted by molar-refractivity contribution is 5.94. The molecular weight excluding hydrogens is 334 g/mol. The van der Waals surface area contributed by atoms with E-state index in [-0.39, 0.29) is 5.91 Å². The third-order valence-electron chi connectivity index (χ3n) is 3.84. The van der Waals surface area contributed by atoms with Crippen LogP contribution in [0.15, 0.2) is 53.1 Å². The Morgan fingerprint density at radius 1 is 1.12 bits per heavy atom. The summed E-state index contributed by atoms with van der Waals surface area (Å²) >= 11 is 0. The lowest BCUT2D eigenvalue weighted by Gasteiger charge is -2.10.